The number of benzene rings is 3. The summed E-state index contributed by atoms with van der Waals surface area (Å²) < 4.78 is 11.8. The highest BCUT2D eigenvalue weighted by Crippen LogP contribution is 2.35. The van der Waals surface area contributed by atoms with Gasteiger partial charge in [-0.15, -0.1) is 0 Å². The zero-order valence-electron chi connectivity index (χ0n) is 23.7. The molecule has 0 saturated carbocycles. The molecule has 2 aromatic heterocycles. The van der Waals surface area contributed by atoms with Crippen molar-refractivity contribution in [2.75, 3.05) is 19.0 Å². The second kappa shape index (κ2) is 11.6. The van der Waals surface area contributed by atoms with Gasteiger partial charge in [-0.2, -0.15) is 9.61 Å². The summed E-state index contributed by atoms with van der Waals surface area (Å²) in [6, 6.07) is 26.1. The number of H-pyrrole nitrogens is 1. The van der Waals surface area contributed by atoms with Crippen molar-refractivity contribution in [1.29, 1.82) is 0 Å². The van der Waals surface area contributed by atoms with Crippen molar-refractivity contribution in [2.24, 2.45) is 0 Å². The Kier molecular flexibility index (Phi) is 7.79. The van der Waals surface area contributed by atoms with Crippen molar-refractivity contribution >= 4 is 23.5 Å². The number of anilines is 1. The minimum absolute atomic E-state index is 0.158. The van der Waals surface area contributed by atoms with Crippen LogP contribution in [0.3, 0.4) is 0 Å². The molecule has 0 aliphatic heterocycles. The van der Waals surface area contributed by atoms with Crippen LogP contribution < -0.4 is 20.9 Å². The molecule has 5 rings (SSSR count). The molecule has 0 saturated heterocycles. The van der Waals surface area contributed by atoms with Gasteiger partial charge in [-0.1, -0.05) is 72.8 Å². The first-order chi connectivity index (χ1) is 20.1. The van der Waals surface area contributed by atoms with Crippen LogP contribution in [0.1, 0.15) is 20.8 Å². The van der Waals surface area contributed by atoms with Gasteiger partial charge < -0.3 is 25.1 Å². The standard InChI is InChI=1S/C32H31N5O5/c1-32(2,3)42-31(40)33-19-24(38)34-28-26(21-15-17-23(41-4)18-16-21)30(39)37-29(35-28)25(20-11-7-5-8-12-20)27(36-37)22-13-9-6-10-14-22/h5-18,35H,19H2,1-4H3,(H,33,40)(H,34,38). The average molecular weight is 566 g/mol. The van der Waals surface area contributed by atoms with Gasteiger partial charge in [-0.25, -0.2) is 4.79 Å². The fourth-order valence-electron chi connectivity index (χ4n) is 4.52. The minimum Gasteiger partial charge on any atom is -0.497 e. The molecule has 3 N–H and O–H groups in total. The van der Waals surface area contributed by atoms with Crippen LogP contribution in [0.15, 0.2) is 89.7 Å². The maximum Gasteiger partial charge on any atom is 0.408 e. The van der Waals surface area contributed by atoms with E-state index < -0.39 is 23.2 Å². The summed E-state index contributed by atoms with van der Waals surface area (Å²) in [6.45, 7) is 4.82. The highest BCUT2D eigenvalue weighted by molar-refractivity contribution is 5.98. The predicted molar refractivity (Wildman–Crippen MR) is 162 cm³/mol. The number of fused-ring (bicyclic) bond motifs is 1. The number of alkyl carbamates (subject to hydrolysis) is 1. The molecule has 0 bridgehead atoms. The molecule has 0 atom stereocenters. The normalized spacial score (nSPS) is 11.2. The van der Waals surface area contributed by atoms with Crippen LogP contribution in [-0.2, 0) is 9.53 Å². The lowest BCUT2D eigenvalue weighted by molar-refractivity contribution is -0.115. The van der Waals surface area contributed by atoms with E-state index in [0.29, 0.717) is 28.2 Å². The Labute approximate surface area is 242 Å². The first-order valence-corrected chi connectivity index (χ1v) is 13.4. The van der Waals surface area contributed by atoms with E-state index in [4.69, 9.17) is 14.6 Å². The van der Waals surface area contributed by atoms with Crippen molar-refractivity contribution in [2.45, 2.75) is 26.4 Å². The molecule has 2 heterocycles. The van der Waals surface area contributed by atoms with Crippen LogP contribution in [0.2, 0.25) is 0 Å². The number of nitrogens with zero attached hydrogens (tertiary/aromatic N) is 2. The molecule has 0 fully saturated rings. The minimum atomic E-state index is -0.730. The van der Waals surface area contributed by atoms with Crippen LogP contribution in [0.25, 0.3) is 39.2 Å². The fraction of sp³-hybridized carbons (Fsp3) is 0.188. The van der Waals surface area contributed by atoms with E-state index in [2.05, 4.69) is 15.6 Å². The molecule has 2 amide bonds. The van der Waals surface area contributed by atoms with E-state index in [1.807, 2.05) is 60.7 Å². The summed E-state index contributed by atoms with van der Waals surface area (Å²) in [5, 5.41) is 9.98. The summed E-state index contributed by atoms with van der Waals surface area (Å²) in [4.78, 5) is 42.6. The van der Waals surface area contributed by atoms with Gasteiger partial charge in [0.25, 0.3) is 5.56 Å². The Morgan fingerprint density at radius 2 is 1.45 bits per heavy atom. The van der Waals surface area contributed by atoms with E-state index in [9.17, 15) is 14.4 Å². The Morgan fingerprint density at radius 3 is 2.05 bits per heavy atom. The summed E-state index contributed by atoms with van der Waals surface area (Å²) >= 11 is 0. The monoisotopic (exact) mass is 565 g/mol. The lowest BCUT2D eigenvalue weighted by atomic mass is 10.0. The number of hydrogen-bond acceptors (Lipinski definition) is 6. The SMILES string of the molecule is COc1ccc(-c2c(NC(=O)CNC(=O)OC(C)(C)C)[nH]c3c(-c4ccccc4)c(-c4ccccc4)nn3c2=O)cc1. The fourth-order valence-corrected chi connectivity index (χ4v) is 4.52. The smallest absolute Gasteiger partial charge is 0.408 e. The third-order valence-electron chi connectivity index (χ3n) is 6.33. The second-order valence-corrected chi connectivity index (χ2v) is 10.5. The van der Waals surface area contributed by atoms with Gasteiger partial charge in [-0.05, 0) is 44.0 Å². The molecule has 0 radical (unpaired) electrons. The number of aromatic amines is 1. The predicted octanol–water partition coefficient (Wildman–Crippen LogP) is 5.50. The van der Waals surface area contributed by atoms with E-state index in [-0.39, 0.29) is 17.9 Å². The zero-order valence-corrected chi connectivity index (χ0v) is 23.7. The van der Waals surface area contributed by atoms with Gasteiger partial charge >= 0.3 is 6.09 Å². The summed E-state index contributed by atoms with van der Waals surface area (Å²) in [6.07, 6.45) is -0.730. The molecule has 0 unspecified atom stereocenters. The number of rotatable bonds is 7. The van der Waals surface area contributed by atoms with Crippen molar-refractivity contribution in [3.05, 3.63) is 95.3 Å². The molecule has 5 aromatic rings. The van der Waals surface area contributed by atoms with Gasteiger partial charge in [0.1, 0.15) is 35.1 Å². The number of hydrogen-bond donors (Lipinski definition) is 3. The topological polar surface area (TPSA) is 127 Å². The van der Waals surface area contributed by atoms with Crippen LogP contribution in [0.4, 0.5) is 10.6 Å². The lowest BCUT2D eigenvalue weighted by Crippen LogP contribution is -2.37. The van der Waals surface area contributed by atoms with Gasteiger partial charge in [0, 0.05) is 5.56 Å². The number of nitrogens with one attached hydrogen (secondary N) is 3. The Hall–Kier alpha value is -5.38. The maximum atomic E-state index is 14.1. The number of carbonyl (C=O) groups excluding carboxylic acids is 2. The first kappa shape index (κ1) is 28.2. The number of aromatic nitrogens is 3. The second-order valence-electron chi connectivity index (χ2n) is 10.5. The van der Waals surface area contributed by atoms with Gasteiger partial charge in [0.2, 0.25) is 5.91 Å². The quantitative estimate of drug-likeness (QED) is 0.239. The Morgan fingerprint density at radius 1 is 0.857 bits per heavy atom. The highest BCUT2D eigenvalue weighted by atomic mass is 16.6. The number of ether oxygens (including phenoxy) is 2. The zero-order chi connectivity index (χ0) is 29.9. The molecule has 0 spiro atoms. The molecular weight excluding hydrogens is 534 g/mol. The highest BCUT2D eigenvalue weighted by Gasteiger charge is 2.24. The Balaban J connectivity index is 1.66. The third-order valence-corrected chi connectivity index (χ3v) is 6.33. The lowest BCUT2D eigenvalue weighted by Gasteiger charge is -2.19. The number of carbonyl (C=O) groups is 2. The molecule has 10 nitrogen and oxygen atoms in total. The number of amides is 2. The van der Waals surface area contributed by atoms with E-state index in [0.717, 1.165) is 11.1 Å². The Bertz CT molecular complexity index is 1790. The van der Waals surface area contributed by atoms with Crippen molar-refractivity contribution in [3.8, 4) is 39.3 Å². The molecule has 214 valence electrons. The largest absolute Gasteiger partial charge is 0.497 e. The van der Waals surface area contributed by atoms with Crippen LogP contribution >= 0.6 is 0 Å². The van der Waals surface area contributed by atoms with E-state index in [1.54, 1.807) is 52.1 Å². The van der Waals surface area contributed by atoms with Gasteiger partial charge in [0.05, 0.1) is 18.2 Å². The van der Waals surface area contributed by atoms with Crippen molar-refractivity contribution in [1.82, 2.24) is 19.9 Å². The van der Waals surface area contributed by atoms with E-state index >= 15 is 0 Å². The molecule has 3 aromatic carbocycles. The molecule has 42 heavy (non-hydrogen) atoms. The van der Waals surface area contributed by atoms with Crippen LogP contribution in [0, 0.1) is 0 Å². The van der Waals surface area contributed by atoms with E-state index in [1.165, 1.54) is 4.52 Å². The van der Waals surface area contributed by atoms with Gasteiger partial charge in [-0.3, -0.25) is 9.59 Å². The number of methoxy groups -OCH3 is 1. The molecule has 10 heteroatoms. The van der Waals surface area contributed by atoms with Gasteiger partial charge in [0.15, 0.2) is 0 Å². The summed E-state index contributed by atoms with van der Waals surface area (Å²) in [7, 11) is 1.55. The summed E-state index contributed by atoms with van der Waals surface area (Å²) in [5.41, 5.74) is 2.93. The third kappa shape index (κ3) is 6.02. The summed E-state index contributed by atoms with van der Waals surface area (Å²) in [5.74, 6) is 0.213. The molecular formula is C32H31N5O5. The first-order valence-electron chi connectivity index (χ1n) is 13.4. The van der Waals surface area contributed by atoms with Crippen LogP contribution in [0.5, 0.6) is 5.75 Å². The van der Waals surface area contributed by atoms with Crippen molar-refractivity contribution in [3.63, 3.8) is 0 Å². The maximum absolute atomic E-state index is 14.1. The average Bonchev–Trinajstić information content (AvgIpc) is 3.36. The molecule has 0 aliphatic carbocycles. The molecule has 0 aliphatic rings. The van der Waals surface area contributed by atoms with Crippen molar-refractivity contribution < 1.29 is 19.1 Å². The van der Waals surface area contributed by atoms with Crippen LogP contribution in [-0.4, -0.2) is 45.9 Å².